The van der Waals surface area contributed by atoms with Crippen LogP contribution in [0.25, 0.3) is 0 Å². The Morgan fingerprint density at radius 2 is 1.86 bits per heavy atom. The summed E-state index contributed by atoms with van der Waals surface area (Å²) in [6, 6.07) is 6.45. The molecule has 1 aromatic carbocycles. The average Bonchev–Trinajstić information content (AvgIpc) is 2.36. The topological polar surface area (TPSA) is 52.9 Å². The first-order valence-electron chi connectivity index (χ1n) is 7.12. The first-order chi connectivity index (χ1) is 9.69. The second-order valence-corrected chi connectivity index (χ2v) is 7.02. The number of nitrogens with zero attached hydrogens (tertiary/aromatic N) is 1. The number of hydrogen-bond acceptors (Lipinski definition) is 3. The van der Waals surface area contributed by atoms with Crippen LogP contribution in [0, 0.1) is 38.0 Å². The summed E-state index contributed by atoms with van der Waals surface area (Å²) in [4.78, 5) is 13.3. The Kier molecular flexibility index (Phi) is 5.86. The molecule has 1 N–H and O–H groups in total. The lowest BCUT2D eigenvalue weighted by atomic mass is 9.90. The lowest BCUT2D eigenvalue weighted by Crippen LogP contribution is -2.49. The minimum absolute atomic E-state index is 0.0688. The van der Waals surface area contributed by atoms with Crippen LogP contribution < -0.4 is 5.32 Å². The predicted octanol–water partition coefficient (Wildman–Crippen LogP) is 3.76. The van der Waals surface area contributed by atoms with E-state index in [-0.39, 0.29) is 11.8 Å². The first-order valence-corrected chi connectivity index (χ1v) is 8.11. The van der Waals surface area contributed by atoms with Gasteiger partial charge in [0, 0.05) is 4.90 Å². The highest BCUT2D eigenvalue weighted by Crippen LogP contribution is 2.27. The van der Waals surface area contributed by atoms with Crippen molar-refractivity contribution in [3.05, 3.63) is 28.8 Å². The fraction of sp³-hybridized carbons (Fsp3) is 0.529. The van der Waals surface area contributed by atoms with Crippen LogP contribution in [-0.4, -0.2) is 17.2 Å². The molecule has 0 radical (unpaired) electrons. The molecule has 0 spiro atoms. The molecule has 0 aliphatic rings. The van der Waals surface area contributed by atoms with Crippen molar-refractivity contribution in [3.63, 3.8) is 0 Å². The van der Waals surface area contributed by atoms with Gasteiger partial charge in [-0.3, -0.25) is 4.79 Å². The maximum atomic E-state index is 12.1. The molecule has 0 saturated heterocycles. The maximum absolute atomic E-state index is 12.1. The Morgan fingerprint density at radius 3 is 2.29 bits per heavy atom. The fourth-order valence-corrected chi connectivity index (χ4v) is 3.08. The number of hydrogen-bond donors (Lipinski definition) is 1. The van der Waals surface area contributed by atoms with E-state index in [0.29, 0.717) is 5.75 Å². The van der Waals surface area contributed by atoms with Crippen LogP contribution in [0.4, 0.5) is 0 Å². The number of aryl methyl sites for hydroxylation is 3. The van der Waals surface area contributed by atoms with Crippen LogP contribution in [0.15, 0.2) is 17.0 Å². The van der Waals surface area contributed by atoms with E-state index in [1.54, 1.807) is 6.92 Å². The molecule has 1 atom stereocenters. The normalized spacial score (nSPS) is 13.6. The smallest absolute Gasteiger partial charge is 0.231 e. The molecule has 114 valence electrons. The molecule has 0 saturated carbocycles. The van der Waals surface area contributed by atoms with Gasteiger partial charge in [-0.1, -0.05) is 31.5 Å². The molecular formula is C17H24N2OS. The van der Waals surface area contributed by atoms with Gasteiger partial charge in [-0.25, -0.2) is 0 Å². The Balaban J connectivity index is 2.73. The SMILES string of the molecule is Cc1cc(C)c(SCC(=O)N[C@](C)(C#N)C(C)C)c(C)c1. The number of nitriles is 1. The van der Waals surface area contributed by atoms with Crippen molar-refractivity contribution in [1.82, 2.24) is 5.32 Å². The van der Waals surface area contributed by atoms with Gasteiger partial charge in [-0.15, -0.1) is 11.8 Å². The van der Waals surface area contributed by atoms with Crippen molar-refractivity contribution in [2.45, 2.75) is 52.0 Å². The molecule has 0 heterocycles. The number of thioether (sulfide) groups is 1. The highest BCUT2D eigenvalue weighted by Gasteiger charge is 2.29. The number of rotatable bonds is 5. The Hall–Kier alpha value is -1.47. The van der Waals surface area contributed by atoms with Gasteiger partial charge < -0.3 is 5.32 Å². The van der Waals surface area contributed by atoms with Crippen LogP contribution in [0.2, 0.25) is 0 Å². The highest BCUT2D eigenvalue weighted by atomic mass is 32.2. The summed E-state index contributed by atoms with van der Waals surface area (Å²) in [5.74, 6) is 0.297. The van der Waals surface area contributed by atoms with Gasteiger partial charge in [0.05, 0.1) is 11.8 Å². The number of carbonyl (C=O) groups excluding carboxylic acids is 1. The molecule has 4 heteroatoms. The molecule has 0 aromatic heterocycles. The molecule has 1 rings (SSSR count). The van der Waals surface area contributed by atoms with E-state index in [4.69, 9.17) is 0 Å². The van der Waals surface area contributed by atoms with E-state index in [1.165, 1.54) is 28.5 Å². The van der Waals surface area contributed by atoms with Gasteiger partial charge in [-0.2, -0.15) is 5.26 Å². The third-order valence-corrected chi connectivity index (χ3v) is 5.08. The van der Waals surface area contributed by atoms with E-state index in [1.807, 2.05) is 13.8 Å². The predicted molar refractivity (Wildman–Crippen MR) is 88.4 cm³/mol. The van der Waals surface area contributed by atoms with Crippen LogP contribution >= 0.6 is 11.8 Å². The van der Waals surface area contributed by atoms with Gasteiger partial charge in [-0.05, 0) is 44.7 Å². The summed E-state index contributed by atoms with van der Waals surface area (Å²) in [5, 5.41) is 12.1. The minimum atomic E-state index is -0.811. The summed E-state index contributed by atoms with van der Waals surface area (Å²) in [5.41, 5.74) is 2.81. The number of benzene rings is 1. The van der Waals surface area contributed by atoms with E-state index < -0.39 is 5.54 Å². The van der Waals surface area contributed by atoms with Crippen molar-refractivity contribution in [1.29, 1.82) is 5.26 Å². The average molecular weight is 304 g/mol. The van der Waals surface area contributed by atoms with Gasteiger partial charge >= 0.3 is 0 Å². The molecule has 0 aliphatic carbocycles. The van der Waals surface area contributed by atoms with Crippen LogP contribution in [0.5, 0.6) is 0 Å². The number of carbonyl (C=O) groups is 1. The van der Waals surface area contributed by atoms with Crippen molar-refractivity contribution in [3.8, 4) is 6.07 Å². The Labute approximate surface area is 132 Å². The molecule has 0 aliphatic heterocycles. The van der Waals surface area contributed by atoms with Crippen molar-refractivity contribution >= 4 is 17.7 Å². The first kappa shape index (κ1) is 17.6. The fourth-order valence-electron chi connectivity index (χ4n) is 2.16. The molecule has 0 fully saturated rings. The lowest BCUT2D eigenvalue weighted by molar-refractivity contribution is -0.120. The van der Waals surface area contributed by atoms with E-state index in [9.17, 15) is 10.1 Å². The van der Waals surface area contributed by atoms with Crippen molar-refractivity contribution < 1.29 is 4.79 Å². The van der Waals surface area contributed by atoms with E-state index in [2.05, 4.69) is 44.3 Å². The third-order valence-electron chi connectivity index (χ3n) is 3.74. The molecule has 1 amide bonds. The van der Waals surface area contributed by atoms with E-state index >= 15 is 0 Å². The summed E-state index contributed by atoms with van der Waals surface area (Å²) >= 11 is 1.53. The van der Waals surface area contributed by atoms with Crippen molar-refractivity contribution in [2.75, 3.05) is 5.75 Å². The van der Waals surface area contributed by atoms with E-state index in [0.717, 1.165) is 4.90 Å². The molecule has 21 heavy (non-hydrogen) atoms. The number of nitrogens with one attached hydrogen (secondary N) is 1. The molecule has 3 nitrogen and oxygen atoms in total. The molecule has 0 bridgehead atoms. The molecule has 0 unspecified atom stereocenters. The Morgan fingerprint density at radius 1 is 1.33 bits per heavy atom. The minimum Gasteiger partial charge on any atom is -0.337 e. The highest BCUT2D eigenvalue weighted by molar-refractivity contribution is 8.00. The van der Waals surface area contributed by atoms with Crippen LogP contribution in [-0.2, 0) is 4.79 Å². The zero-order valence-corrected chi connectivity index (χ0v) is 14.5. The summed E-state index contributed by atoms with van der Waals surface area (Å²) in [7, 11) is 0. The Bertz CT molecular complexity index is 552. The largest absolute Gasteiger partial charge is 0.337 e. The van der Waals surface area contributed by atoms with Gasteiger partial charge in [0.2, 0.25) is 5.91 Å². The quantitative estimate of drug-likeness (QED) is 0.843. The monoisotopic (exact) mass is 304 g/mol. The zero-order valence-electron chi connectivity index (χ0n) is 13.7. The number of amides is 1. The van der Waals surface area contributed by atoms with Gasteiger partial charge in [0.15, 0.2) is 0 Å². The second kappa shape index (κ2) is 7.00. The molecule has 1 aromatic rings. The van der Waals surface area contributed by atoms with Crippen LogP contribution in [0.1, 0.15) is 37.5 Å². The standard InChI is InChI=1S/C17H24N2OS/c1-11(2)17(6,10-18)19-15(20)9-21-16-13(4)7-12(3)8-14(16)5/h7-8,11H,9H2,1-6H3,(H,19,20)/t17-/m1/s1. The second-order valence-electron chi connectivity index (χ2n) is 6.03. The van der Waals surface area contributed by atoms with Gasteiger partial charge in [0.25, 0.3) is 0 Å². The summed E-state index contributed by atoms with van der Waals surface area (Å²) in [6.45, 7) is 11.8. The van der Waals surface area contributed by atoms with Crippen LogP contribution in [0.3, 0.4) is 0 Å². The zero-order chi connectivity index (χ0) is 16.2. The third kappa shape index (κ3) is 4.50. The summed E-state index contributed by atoms with van der Waals surface area (Å²) in [6.07, 6.45) is 0. The maximum Gasteiger partial charge on any atom is 0.231 e. The summed E-state index contributed by atoms with van der Waals surface area (Å²) < 4.78 is 0. The van der Waals surface area contributed by atoms with Gasteiger partial charge in [0.1, 0.15) is 5.54 Å². The molecular weight excluding hydrogens is 280 g/mol. The van der Waals surface area contributed by atoms with Crippen molar-refractivity contribution in [2.24, 2.45) is 5.92 Å². The lowest BCUT2D eigenvalue weighted by Gasteiger charge is -2.27.